The molecule has 0 bridgehead atoms. The van der Waals surface area contributed by atoms with Gasteiger partial charge in [0.2, 0.25) is 0 Å². The molecule has 0 unspecified atom stereocenters. The quantitative estimate of drug-likeness (QED) is 0.698. The van der Waals surface area contributed by atoms with Crippen LogP contribution in [0.3, 0.4) is 0 Å². The molecule has 0 aliphatic carbocycles. The Morgan fingerprint density at radius 3 is 2.00 bits per heavy atom. The minimum absolute atomic E-state index is 0.0968. The Hall–Kier alpha value is -0.690. The fraction of sp³-hybridized carbons (Fsp3) is 0.625. The van der Waals surface area contributed by atoms with Gasteiger partial charge in [0.05, 0.1) is 11.1 Å². The van der Waals surface area contributed by atoms with Crippen molar-refractivity contribution in [1.29, 1.82) is 0 Å². The molecule has 0 aliphatic rings. The largest absolute Gasteiger partial charge is 0.489 e. The number of benzene rings is 1. The average Bonchev–Trinajstić information content (AvgIpc) is 2.17. The zero-order valence-electron chi connectivity index (χ0n) is 12.6. The maximum absolute atomic E-state index is 6.33. The highest BCUT2D eigenvalue weighted by atomic mass is 35.5. The highest BCUT2D eigenvalue weighted by molar-refractivity contribution is 6.32. The number of rotatable bonds is 3. The van der Waals surface area contributed by atoms with Gasteiger partial charge in [-0.15, -0.1) is 0 Å². The Labute approximate surface area is 116 Å². The minimum atomic E-state index is 0.0968. The second-order valence-electron chi connectivity index (χ2n) is 6.44. The Balaban J connectivity index is 3.35. The molecule has 0 spiro atoms. The third-order valence-corrected chi connectivity index (χ3v) is 3.19. The summed E-state index contributed by atoms with van der Waals surface area (Å²) >= 11 is 6.33. The maximum atomic E-state index is 6.33. The Morgan fingerprint density at radius 1 is 1.06 bits per heavy atom. The molecular formula is C16H25ClO. The van der Waals surface area contributed by atoms with E-state index in [1.54, 1.807) is 0 Å². The van der Waals surface area contributed by atoms with Crippen LogP contribution in [0.1, 0.15) is 65.5 Å². The van der Waals surface area contributed by atoms with E-state index < -0.39 is 0 Å². The van der Waals surface area contributed by atoms with Crippen molar-refractivity contribution < 1.29 is 4.74 Å². The van der Waals surface area contributed by atoms with Gasteiger partial charge in [-0.1, -0.05) is 46.2 Å². The van der Waals surface area contributed by atoms with Gasteiger partial charge >= 0.3 is 0 Å². The lowest BCUT2D eigenvalue weighted by atomic mass is 9.80. The van der Waals surface area contributed by atoms with Crippen molar-refractivity contribution in [3.8, 4) is 5.75 Å². The van der Waals surface area contributed by atoms with E-state index in [1.807, 2.05) is 13.8 Å². The molecule has 1 nitrogen and oxygen atoms in total. The van der Waals surface area contributed by atoms with Crippen LogP contribution in [0.4, 0.5) is 0 Å². The van der Waals surface area contributed by atoms with Crippen LogP contribution in [-0.2, 0) is 5.41 Å². The lowest BCUT2D eigenvalue weighted by Gasteiger charge is -2.26. The summed E-state index contributed by atoms with van der Waals surface area (Å²) in [5.74, 6) is 1.26. The van der Waals surface area contributed by atoms with Gasteiger partial charge in [0, 0.05) is 0 Å². The second kappa shape index (κ2) is 5.52. The van der Waals surface area contributed by atoms with E-state index >= 15 is 0 Å². The monoisotopic (exact) mass is 268 g/mol. The maximum Gasteiger partial charge on any atom is 0.138 e. The van der Waals surface area contributed by atoms with Gasteiger partial charge in [-0.3, -0.25) is 0 Å². The van der Waals surface area contributed by atoms with Gasteiger partial charge in [0.25, 0.3) is 0 Å². The van der Waals surface area contributed by atoms with Gasteiger partial charge in [-0.05, 0) is 48.4 Å². The fourth-order valence-electron chi connectivity index (χ4n) is 2.04. The SMILES string of the molecule is CC(C)Oc1cc(C(C)C)c(C(C)(C)C)cc1Cl. The molecule has 0 atom stereocenters. The van der Waals surface area contributed by atoms with Crippen molar-refractivity contribution in [3.63, 3.8) is 0 Å². The molecule has 1 rings (SSSR count). The predicted octanol–water partition coefficient (Wildman–Crippen LogP) is 5.55. The molecule has 0 saturated heterocycles. The van der Waals surface area contributed by atoms with Gasteiger partial charge in [0.1, 0.15) is 5.75 Å². The normalized spacial score (nSPS) is 12.3. The summed E-state index contributed by atoms with van der Waals surface area (Å²) in [4.78, 5) is 0. The molecule has 1 aromatic carbocycles. The molecule has 18 heavy (non-hydrogen) atoms. The molecule has 0 aliphatic heterocycles. The fourth-order valence-corrected chi connectivity index (χ4v) is 2.25. The third-order valence-electron chi connectivity index (χ3n) is 2.90. The van der Waals surface area contributed by atoms with Crippen molar-refractivity contribution in [2.24, 2.45) is 0 Å². The van der Waals surface area contributed by atoms with Crippen LogP contribution in [0.15, 0.2) is 12.1 Å². The van der Waals surface area contributed by atoms with Gasteiger partial charge < -0.3 is 4.74 Å². The van der Waals surface area contributed by atoms with E-state index in [-0.39, 0.29) is 11.5 Å². The lowest BCUT2D eigenvalue weighted by Crippen LogP contribution is -2.16. The summed E-state index contributed by atoms with van der Waals surface area (Å²) in [6.45, 7) is 15.1. The second-order valence-corrected chi connectivity index (χ2v) is 6.85. The van der Waals surface area contributed by atoms with Crippen LogP contribution < -0.4 is 4.74 Å². The molecule has 2 heteroatoms. The van der Waals surface area contributed by atoms with E-state index in [9.17, 15) is 0 Å². The first-order chi connectivity index (χ1) is 8.12. The summed E-state index contributed by atoms with van der Waals surface area (Å²) in [5.41, 5.74) is 2.72. The summed E-state index contributed by atoms with van der Waals surface area (Å²) < 4.78 is 5.77. The van der Waals surface area contributed by atoms with Crippen molar-refractivity contribution in [1.82, 2.24) is 0 Å². The molecule has 0 aromatic heterocycles. The Morgan fingerprint density at radius 2 is 1.61 bits per heavy atom. The highest BCUT2D eigenvalue weighted by Gasteiger charge is 2.22. The number of hydrogen-bond donors (Lipinski definition) is 0. The number of hydrogen-bond acceptors (Lipinski definition) is 1. The van der Waals surface area contributed by atoms with E-state index in [0.29, 0.717) is 10.9 Å². The van der Waals surface area contributed by atoms with E-state index in [0.717, 1.165) is 5.75 Å². The van der Waals surface area contributed by atoms with E-state index in [1.165, 1.54) is 11.1 Å². The van der Waals surface area contributed by atoms with Gasteiger partial charge in [-0.2, -0.15) is 0 Å². The molecule has 0 radical (unpaired) electrons. The summed E-state index contributed by atoms with van der Waals surface area (Å²) in [7, 11) is 0. The van der Waals surface area contributed by atoms with E-state index in [2.05, 4.69) is 46.8 Å². The summed E-state index contributed by atoms with van der Waals surface area (Å²) in [5, 5.41) is 0.707. The Bertz CT molecular complexity index is 414. The Kier molecular flexibility index (Phi) is 4.72. The topological polar surface area (TPSA) is 9.23 Å². The van der Waals surface area contributed by atoms with Crippen LogP contribution in [0.5, 0.6) is 5.75 Å². The molecule has 0 fully saturated rings. The van der Waals surface area contributed by atoms with Gasteiger partial charge in [0.15, 0.2) is 0 Å². The van der Waals surface area contributed by atoms with E-state index in [4.69, 9.17) is 16.3 Å². The molecule has 0 N–H and O–H groups in total. The standard InChI is InChI=1S/C16H25ClO/c1-10(2)12-8-15(18-11(3)4)14(17)9-13(12)16(5,6)7/h8-11H,1-7H3. The first kappa shape index (κ1) is 15.4. The summed E-state index contributed by atoms with van der Waals surface area (Å²) in [6, 6.07) is 4.17. The summed E-state index contributed by atoms with van der Waals surface area (Å²) in [6.07, 6.45) is 0.142. The first-order valence-corrected chi connectivity index (χ1v) is 7.01. The molecule has 0 amide bonds. The van der Waals surface area contributed by atoms with Crippen LogP contribution >= 0.6 is 11.6 Å². The van der Waals surface area contributed by atoms with Crippen molar-refractivity contribution >= 4 is 11.6 Å². The zero-order valence-corrected chi connectivity index (χ0v) is 13.4. The molecule has 0 saturated carbocycles. The highest BCUT2D eigenvalue weighted by Crippen LogP contribution is 2.38. The van der Waals surface area contributed by atoms with Crippen LogP contribution in [0.2, 0.25) is 5.02 Å². The van der Waals surface area contributed by atoms with Crippen molar-refractivity contribution in [2.45, 2.75) is 65.9 Å². The lowest BCUT2D eigenvalue weighted by molar-refractivity contribution is 0.242. The van der Waals surface area contributed by atoms with Crippen LogP contribution in [0, 0.1) is 0 Å². The van der Waals surface area contributed by atoms with Crippen LogP contribution in [-0.4, -0.2) is 6.10 Å². The van der Waals surface area contributed by atoms with Crippen molar-refractivity contribution in [3.05, 3.63) is 28.3 Å². The smallest absolute Gasteiger partial charge is 0.138 e. The molecule has 102 valence electrons. The zero-order chi connectivity index (χ0) is 14.1. The molecular weight excluding hydrogens is 244 g/mol. The first-order valence-electron chi connectivity index (χ1n) is 6.63. The minimum Gasteiger partial charge on any atom is -0.489 e. The third kappa shape index (κ3) is 3.65. The van der Waals surface area contributed by atoms with Gasteiger partial charge in [-0.25, -0.2) is 0 Å². The molecule has 0 heterocycles. The predicted molar refractivity (Wildman–Crippen MR) is 80.0 cm³/mol. The number of halogens is 1. The average molecular weight is 269 g/mol. The molecule has 1 aromatic rings. The number of ether oxygens (including phenoxy) is 1. The van der Waals surface area contributed by atoms with Crippen LogP contribution in [0.25, 0.3) is 0 Å². The van der Waals surface area contributed by atoms with Crippen molar-refractivity contribution in [2.75, 3.05) is 0 Å².